The number of likely N-dealkylation sites (tertiary alicyclic amines) is 1. The van der Waals surface area contributed by atoms with E-state index in [1.54, 1.807) is 12.0 Å². The summed E-state index contributed by atoms with van der Waals surface area (Å²) in [5, 5.41) is 3.50. The van der Waals surface area contributed by atoms with Gasteiger partial charge in [0.15, 0.2) is 0 Å². The van der Waals surface area contributed by atoms with Gasteiger partial charge in [-0.15, -0.1) is 0 Å². The molecule has 24 heavy (non-hydrogen) atoms. The number of hydrogen-bond acceptors (Lipinski definition) is 4. The zero-order valence-corrected chi connectivity index (χ0v) is 17.7. The monoisotopic (exact) mass is 462 g/mol. The van der Waals surface area contributed by atoms with E-state index in [1.807, 2.05) is 32.9 Å². The third kappa shape index (κ3) is 5.36. The van der Waals surface area contributed by atoms with Gasteiger partial charge in [-0.25, -0.2) is 4.79 Å². The Morgan fingerprint density at radius 1 is 1.38 bits per heavy atom. The van der Waals surface area contributed by atoms with E-state index < -0.39 is 5.60 Å². The predicted octanol–water partition coefficient (Wildman–Crippen LogP) is 4.32. The summed E-state index contributed by atoms with van der Waals surface area (Å²) in [6, 6.07) is 4.25. The molecular weight excluding hydrogens is 440 g/mol. The van der Waals surface area contributed by atoms with Crippen LogP contribution in [0.1, 0.15) is 32.8 Å². The van der Waals surface area contributed by atoms with E-state index in [1.165, 1.54) is 0 Å². The summed E-state index contributed by atoms with van der Waals surface area (Å²) in [4.78, 5) is 13.9. The quantitative estimate of drug-likeness (QED) is 0.722. The lowest BCUT2D eigenvalue weighted by Gasteiger charge is -2.24. The third-order valence-corrected chi connectivity index (χ3v) is 4.76. The number of halogens is 2. The zero-order chi connectivity index (χ0) is 17.9. The molecule has 1 N–H and O–H groups in total. The lowest BCUT2D eigenvalue weighted by Crippen LogP contribution is -2.38. The van der Waals surface area contributed by atoms with Crippen LogP contribution in [-0.2, 0) is 11.3 Å². The number of methoxy groups -OCH3 is 1. The molecule has 1 aliphatic heterocycles. The Hall–Kier alpha value is -0.790. The lowest BCUT2D eigenvalue weighted by molar-refractivity contribution is 0.0291. The van der Waals surface area contributed by atoms with Crippen molar-refractivity contribution in [3.63, 3.8) is 0 Å². The fourth-order valence-electron chi connectivity index (χ4n) is 2.65. The molecule has 1 aromatic rings. The van der Waals surface area contributed by atoms with Gasteiger partial charge in [-0.1, -0.05) is 15.9 Å². The first-order valence-electron chi connectivity index (χ1n) is 7.93. The van der Waals surface area contributed by atoms with Crippen LogP contribution in [0.5, 0.6) is 5.75 Å². The molecule has 0 aromatic heterocycles. The van der Waals surface area contributed by atoms with Gasteiger partial charge in [0.05, 0.1) is 11.6 Å². The molecule has 1 amide bonds. The van der Waals surface area contributed by atoms with E-state index in [4.69, 9.17) is 9.47 Å². The first-order chi connectivity index (χ1) is 11.2. The second-order valence-corrected chi connectivity index (χ2v) is 8.64. The molecule has 7 heteroatoms. The van der Waals surface area contributed by atoms with E-state index >= 15 is 0 Å². The summed E-state index contributed by atoms with van der Waals surface area (Å²) in [6.45, 7) is 7.70. The number of rotatable bonds is 4. The van der Waals surface area contributed by atoms with E-state index in [2.05, 4.69) is 37.2 Å². The predicted molar refractivity (Wildman–Crippen MR) is 101 cm³/mol. The summed E-state index contributed by atoms with van der Waals surface area (Å²) in [5.41, 5.74) is 0.605. The molecule has 1 fully saturated rings. The van der Waals surface area contributed by atoms with E-state index in [9.17, 15) is 4.79 Å². The Balaban J connectivity index is 1.92. The summed E-state index contributed by atoms with van der Waals surface area (Å²) in [6.07, 6.45) is 0.672. The van der Waals surface area contributed by atoms with Crippen molar-refractivity contribution in [1.29, 1.82) is 0 Å². The van der Waals surface area contributed by atoms with Crippen LogP contribution >= 0.6 is 31.9 Å². The van der Waals surface area contributed by atoms with Gasteiger partial charge in [0, 0.05) is 35.7 Å². The number of nitrogens with zero attached hydrogens (tertiary/aromatic N) is 1. The zero-order valence-electron chi connectivity index (χ0n) is 14.5. The topological polar surface area (TPSA) is 50.8 Å². The molecule has 0 saturated carbocycles. The molecule has 5 nitrogen and oxygen atoms in total. The van der Waals surface area contributed by atoms with Crippen molar-refractivity contribution in [1.82, 2.24) is 10.2 Å². The summed E-state index contributed by atoms with van der Waals surface area (Å²) in [7, 11) is 1.66. The second-order valence-electron chi connectivity index (χ2n) is 6.87. The average molecular weight is 464 g/mol. The van der Waals surface area contributed by atoms with Gasteiger partial charge in [0.1, 0.15) is 11.4 Å². The molecule has 1 saturated heterocycles. The first-order valence-corrected chi connectivity index (χ1v) is 9.51. The summed E-state index contributed by atoms with van der Waals surface area (Å²) >= 11 is 7.02. The van der Waals surface area contributed by atoms with Gasteiger partial charge in [-0.3, -0.25) is 0 Å². The van der Waals surface area contributed by atoms with Crippen molar-refractivity contribution in [3.8, 4) is 5.75 Å². The third-order valence-electron chi connectivity index (χ3n) is 3.71. The number of nitrogens with one attached hydrogen (secondary N) is 1. The number of benzene rings is 1. The minimum absolute atomic E-state index is 0.241. The highest BCUT2D eigenvalue weighted by atomic mass is 79.9. The Kier molecular flexibility index (Phi) is 6.56. The minimum Gasteiger partial charge on any atom is -0.495 e. The Morgan fingerprint density at radius 3 is 2.71 bits per heavy atom. The van der Waals surface area contributed by atoms with Crippen LogP contribution in [0.3, 0.4) is 0 Å². The van der Waals surface area contributed by atoms with E-state index in [0.717, 1.165) is 26.7 Å². The number of carbonyl (C=O) groups is 1. The highest BCUT2D eigenvalue weighted by Crippen LogP contribution is 2.32. The van der Waals surface area contributed by atoms with Crippen molar-refractivity contribution >= 4 is 38.0 Å². The van der Waals surface area contributed by atoms with Crippen LogP contribution in [0.4, 0.5) is 4.79 Å². The maximum atomic E-state index is 12.1. The van der Waals surface area contributed by atoms with Crippen LogP contribution in [0.25, 0.3) is 0 Å². The Bertz CT molecular complexity index is 602. The van der Waals surface area contributed by atoms with Gasteiger partial charge in [-0.2, -0.15) is 0 Å². The molecule has 1 heterocycles. The SMILES string of the molecule is COc1c(Br)cc(Br)cc1CNC1CCN(C(=O)OC(C)(C)C)C1. The minimum atomic E-state index is -0.460. The summed E-state index contributed by atoms with van der Waals surface area (Å²) < 4.78 is 12.8. The standard InChI is InChI=1S/C17H24Br2N2O3/c1-17(2,3)24-16(22)21-6-5-13(10-21)20-9-11-7-12(18)8-14(19)15(11)23-4/h7-8,13,20H,5-6,9-10H2,1-4H3. The maximum absolute atomic E-state index is 12.1. The van der Waals surface area contributed by atoms with Gasteiger partial charge in [-0.05, 0) is 55.3 Å². The largest absolute Gasteiger partial charge is 0.495 e. The van der Waals surface area contributed by atoms with Gasteiger partial charge >= 0.3 is 6.09 Å². The van der Waals surface area contributed by atoms with E-state index in [-0.39, 0.29) is 12.1 Å². The maximum Gasteiger partial charge on any atom is 0.410 e. The van der Waals surface area contributed by atoms with Crippen LogP contribution in [-0.4, -0.2) is 42.8 Å². The van der Waals surface area contributed by atoms with Crippen LogP contribution < -0.4 is 10.1 Å². The fourth-order valence-corrected chi connectivity index (χ4v) is 4.12. The van der Waals surface area contributed by atoms with Crippen LogP contribution in [0.15, 0.2) is 21.1 Å². The van der Waals surface area contributed by atoms with Crippen molar-refractivity contribution in [2.24, 2.45) is 0 Å². The van der Waals surface area contributed by atoms with Crippen molar-refractivity contribution in [3.05, 3.63) is 26.6 Å². The van der Waals surface area contributed by atoms with Crippen molar-refractivity contribution in [2.75, 3.05) is 20.2 Å². The average Bonchev–Trinajstić information content (AvgIpc) is 2.91. The molecule has 0 bridgehead atoms. The highest BCUT2D eigenvalue weighted by Gasteiger charge is 2.29. The summed E-state index contributed by atoms with van der Waals surface area (Å²) in [5.74, 6) is 0.827. The molecule has 0 radical (unpaired) electrons. The molecule has 1 atom stereocenters. The van der Waals surface area contributed by atoms with Crippen molar-refractivity contribution < 1.29 is 14.3 Å². The first kappa shape index (κ1) is 19.5. The molecule has 0 aliphatic carbocycles. The molecular formula is C17H24Br2N2O3. The number of carbonyl (C=O) groups excluding carboxylic acids is 1. The fraction of sp³-hybridized carbons (Fsp3) is 0.588. The second kappa shape index (κ2) is 8.06. The molecule has 0 spiro atoms. The van der Waals surface area contributed by atoms with Gasteiger partial charge in [0.2, 0.25) is 0 Å². The van der Waals surface area contributed by atoms with Gasteiger partial charge in [0.25, 0.3) is 0 Å². The molecule has 134 valence electrons. The number of ether oxygens (including phenoxy) is 2. The molecule has 2 rings (SSSR count). The lowest BCUT2D eigenvalue weighted by atomic mass is 10.2. The Morgan fingerprint density at radius 2 is 2.08 bits per heavy atom. The van der Waals surface area contributed by atoms with Gasteiger partial charge < -0.3 is 19.7 Å². The van der Waals surface area contributed by atoms with Crippen molar-refractivity contribution in [2.45, 2.75) is 45.4 Å². The highest BCUT2D eigenvalue weighted by molar-refractivity contribution is 9.11. The van der Waals surface area contributed by atoms with E-state index in [0.29, 0.717) is 19.6 Å². The molecule has 1 unspecified atom stereocenters. The smallest absolute Gasteiger partial charge is 0.410 e. The van der Waals surface area contributed by atoms with Crippen LogP contribution in [0.2, 0.25) is 0 Å². The number of amides is 1. The number of hydrogen-bond donors (Lipinski definition) is 1. The molecule has 1 aliphatic rings. The molecule has 1 aromatic carbocycles. The normalized spacial score (nSPS) is 17.9. The Labute approximate surface area is 160 Å². The van der Waals surface area contributed by atoms with Crippen LogP contribution in [0, 0.1) is 0 Å².